The Morgan fingerprint density at radius 2 is 2.00 bits per heavy atom. The molecule has 6 N–H and O–H groups in total. The summed E-state index contributed by atoms with van der Waals surface area (Å²) in [5.41, 5.74) is 7.14. The van der Waals surface area contributed by atoms with Gasteiger partial charge in [-0.1, -0.05) is 39.7 Å². The summed E-state index contributed by atoms with van der Waals surface area (Å²) in [7, 11) is 0. The van der Waals surface area contributed by atoms with Crippen LogP contribution in [0.25, 0.3) is 0 Å². The maximum absolute atomic E-state index is 12.0. The van der Waals surface area contributed by atoms with Gasteiger partial charge in [0.1, 0.15) is 5.84 Å². The van der Waals surface area contributed by atoms with Crippen LogP contribution in [0.2, 0.25) is 5.02 Å². The quantitative estimate of drug-likeness (QED) is 0.341. The monoisotopic (exact) mass is 451 g/mol. The van der Waals surface area contributed by atoms with Gasteiger partial charge in [0.25, 0.3) is 0 Å². The van der Waals surface area contributed by atoms with Crippen molar-refractivity contribution in [1.82, 2.24) is 10.6 Å². The van der Waals surface area contributed by atoms with Crippen molar-refractivity contribution in [2.45, 2.75) is 13.0 Å². The molecule has 27 heavy (non-hydrogen) atoms. The van der Waals surface area contributed by atoms with Gasteiger partial charge in [0.05, 0.1) is 17.6 Å². The van der Waals surface area contributed by atoms with Gasteiger partial charge in [0.2, 0.25) is 5.91 Å². The zero-order valence-electron chi connectivity index (χ0n) is 14.5. The molecular formula is C18H19BrClN5O2. The fourth-order valence-corrected chi connectivity index (χ4v) is 3.00. The number of rotatable bonds is 6. The molecule has 0 bridgehead atoms. The number of amidine groups is 1. The van der Waals surface area contributed by atoms with Crippen molar-refractivity contribution in [3.8, 4) is 0 Å². The third kappa shape index (κ3) is 6.26. The Balaban J connectivity index is 1.83. The number of nitrogens with two attached hydrogens (primary N) is 1. The van der Waals surface area contributed by atoms with Crippen LogP contribution in [-0.4, -0.2) is 24.3 Å². The minimum absolute atomic E-state index is 0.160. The first-order chi connectivity index (χ1) is 12.8. The zero-order valence-corrected chi connectivity index (χ0v) is 16.8. The summed E-state index contributed by atoms with van der Waals surface area (Å²) in [5, 5.41) is 15.5. The van der Waals surface area contributed by atoms with E-state index in [0.29, 0.717) is 11.3 Å². The van der Waals surface area contributed by atoms with E-state index in [1.807, 2.05) is 31.2 Å². The highest BCUT2D eigenvalue weighted by atomic mass is 79.9. The number of nitrogens with one attached hydrogen (secondary N) is 4. The molecule has 2 rings (SSSR count). The van der Waals surface area contributed by atoms with Gasteiger partial charge in [0, 0.05) is 15.7 Å². The molecule has 3 amide bonds. The number of carbonyl (C=O) groups excluding carboxylic acids is 2. The van der Waals surface area contributed by atoms with Gasteiger partial charge < -0.3 is 21.7 Å². The maximum atomic E-state index is 12.0. The molecule has 0 fully saturated rings. The van der Waals surface area contributed by atoms with E-state index in [2.05, 4.69) is 31.9 Å². The Kier molecular flexibility index (Phi) is 7.20. The fraction of sp³-hybridized carbons (Fsp3) is 0.167. The number of halogens is 2. The molecule has 2 aromatic carbocycles. The van der Waals surface area contributed by atoms with Crippen LogP contribution in [0.1, 0.15) is 24.1 Å². The van der Waals surface area contributed by atoms with Crippen molar-refractivity contribution < 1.29 is 9.59 Å². The summed E-state index contributed by atoms with van der Waals surface area (Å²) < 4.78 is 0.924. The molecule has 0 spiro atoms. The minimum atomic E-state index is -0.549. The van der Waals surface area contributed by atoms with Crippen LogP contribution in [0, 0.1) is 5.41 Å². The molecule has 0 aromatic heterocycles. The summed E-state index contributed by atoms with van der Waals surface area (Å²) in [5.74, 6) is -0.477. The van der Waals surface area contributed by atoms with Crippen LogP contribution in [0.4, 0.5) is 10.5 Å². The van der Waals surface area contributed by atoms with Gasteiger partial charge in [-0.15, -0.1) is 0 Å². The van der Waals surface area contributed by atoms with E-state index < -0.39 is 6.03 Å². The summed E-state index contributed by atoms with van der Waals surface area (Å²) in [6, 6.07) is 11.4. The Morgan fingerprint density at radius 3 is 2.63 bits per heavy atom. The third-order valence-electron chi connectivity index (χ3n) is 3.65. The van der Waals surface area contributed by atoms with E-state index >= 15 is 0 Å². The zero-order chi connectivity index (χ0) is 20.0. The number of anilines is 1. The third-order valence-corrected chi connectivity index (χ3v) is 4.46. The van der Waals surface area contributed by atoms with E-state index in [9.17, 15) is 9.59 Å². The first-order valence-corrected chi connectivity index (χ1v) is 9.17. The SMILES string of the molecule is C[C@H](NC(=O)CNC(=O)Nc1ccc(C(=N)N)c(Cl)c1)c1cccc(Br)c1. The Hall–Kier alpha value is -2.58. The number of nitrogen functional groups attached to an aromatic ring is 1. The molecule has 9 heteroatoms. The van der Waals surface area contributed by atoms with Crippen LogP contribution >= 0.6 is 27.5 Å². The van der Waals surface area contributed by atoms with Crippen molar-refractivity contribution in [2.75, 3.05) is 11.9 Å². The standard InChI is InChI=1S/C18H19BrClN5O2/c1-10(11-3-2-4-12(19)7-11)24-16(26)9-23-18(27)25-13-5-6-14(17(21)22)15(20)8-13/h2-8,10H,9H2,1H3,(H3,21,22)(H,24,26)(H2,23,25,27)/t10-/m0/s1. The van der Waals surface area contributed by atoms with Crippen molar-refractivity contribution in [3.63, 3.8) is 0 Å². The van der Waals surface area contributed by atoms with Crippen molar-refractivity contribution in [2.24, 2.45) is 5.73 Å². The molecule has 0 radical (unpaired) electrons. The van der Waals surface area contributed by atoms with E-state index in [-0.39, 0.29) is 29.4 Å². The molecule has 7 nitrogen and oxygen atoms in total. The lowest BCUT2D eigenvalue weighted by atomic mass is 10.1. The molecular weight excluding hydrogens is 434 g/mol. The van der Waals surface area contributed by atoms with Crippen molar-refractivity contribution in [1.29, 1.82) is 5.41 Å². The molecule has 2 aromatic rings. The Morgan fingerprint density at radius 1 is 1.26 bits per heavy atom. The molecule has 0 saturated carbocycles. The minimum Gasteiger partial charge on any atom is -0.384 e. The summed E-state index contributed by atoms with van der Waals surface area (Å²) in [6.45, 7) is 1.68. The van der Waals surface area contributed by atoms with E-state index in [0.717, 1.165) is 10.0 Å². The van der Waals surface area contributed by atoms with Gasteiger partial charge in [-0.3, -0.25) is 10.2 Å². The molecule has 1 atom stereocenters. The number of amides is 3. The largest absolute Gasteiger partial charge is 0.384 e. The van der Waals surface area contributed by atoms with Gasteiger partial charge in [0.15, 0.2) is 0 Å². The lowest BCUT2D eigenvalue weighted by molar-refractivity contribution is -0.120. The smallest absolute Gasteiger partial charge is 0.319 e. The summed E-state index contributed by atoms with van der Waals surface area (Å²) >= 11 is 9.39. The van der Waals surface area contributed by atoms with Crippen LogP contribution in [0.15, 0.2) is 46.9 Å². The highest BCUT2D eigenvalue weighted by Gasteiger charge is 2.12. The number of hydrogen-bond acceptors (Lipinski definition) is 3. The molecule has 0 unspecified atom stereocenters. The fourth-order valence-electron chi connectivity index (χ4n) is 2.30. The number of benzene rings is 2. The highest BCUT2D eigenvalue weighted by molar-refractivity contribution is 9.10. The number of hydrogen-bond donors (Lipinski definition) is 5. The first-order valence-electron chi connectivity index (χ1n) is 8.00. The van der Waals surface area contributed by atoms with Crippen molar-refractivity contribution >= 4 is 51.0 Å². The lowest BCUT2D eigenvalue weighted by Gasteiger charge is -2.15. The molecule has 0 aliphatic rings. The molecule has 0 saturated heterocycles. The molecule has 0 aliphatic heterocycles. The highest BCUT2D eigenvalue weighted by Crippen LogP contribution is 2.20. The molecule has 142 valence electrons. The summed E-state index contributed by atoms with van der Waals surface area (Å²) in [6.07, 6.45) is 0. The van der Waals surface area contributed by atoms with Gasteiger partial charge in [-0.05, 0) is 42.8 Å². The number of urea groups is 1. The second kappa shape index (κ2) is 9.38. The second-order valence-electron chi connectivity index (χ2n) is 5.76. The van der Waals surface area contributed by atoms with Crippen LogP contribution < -0.4 is 21.7 Å². The molecule has 0 aliphatic carbocycles. The first kappa shape index (κ1) is 20.7. The van der Waals surface area contributed by atoms with Gasteiger partial charge in [-0.2, -0.15) is 0 Å². The predicted molar refractivity (Wildman–Crippen MR) is 110 cm³/mol. The predicted octanol–water partition coefficient (Wildman–Crippen LogP) is 3.39. The normalized spacial score (nSPS) is 11.4. The van der Waals surface area contributed by atoms with Gasteiger partial charge in [-0.25, -0.2) is 4.79 Å². The van der Waals surface area contributed by atoms with E-state index in [1.165, 1.54) is 12.1 Å². The topological polar surface area (TPSA) is 120 Å². The second-order valence-corrected chi connectivity index (χ2v) is 7.08. The van der Waals surface area contributed by atoms with E-state index in [1.54, 1.807) is 6.07 Å². The maximum Gasteiger partial charge on any atom is 0.319 e. The number of carbonyl (C=O) groups is 2. The summed E-state index contributed by atoms with van der Waals surface area (Å²) in [4.78, 5) is 23.9. The van der Waals surface area contributed by atoms with Crippen LogP contribution in [0.5, 0.6) is 0 Å². The Labute approximate surface area is 170 Å². The van der Waals surface area contributed by atoms with Crippen LogP contribution in [-0.2, 0) is 4.79 Å². The van der Waals surface area contributed by atoms with E-state index in [4.69, 9.17) is 22.7 Å². The average molecular weight is 453 g/mol. The average Bonchev–Trinajstić information content (AvgIpc) is 2.59. The Bertz CT molecular complexity index is 875. The van der Waals surface area contributed by atoms with Crippen LogP contribution in [0.3, 0.4) is 0 Å². The van der Waals surface area contributed by atoms with Gasteiger partial charge >= 0.3 is 6.03 Å². The lowest BCUT2D eigenvalue weighted by Crippen LogP contribution is -2.39. The molecule has 0 heterocycles. The van der Waals surface area contributed by atoms with Crippen molar-refractivity contribution in [3.05, 3.63) is 63.1 Å².